The fourth-order valence-electron chi connectivity index (χ4n) is 6.07. The monoisotopic (exact) mass is 642 g/mol. The van der Waals surface area contributed by atoms with E-state index >= 15 is 0 Å². The first-order valence-corrected chi connectivity index (χ1v) is 16.5. The zero-order chi connectivity index (χ0) is 30.5. The highest BCUT2D eigenvalue weighted by atomic mass is 35.5. The molecule has 0 bridgehead atoms. The Morgan fingerprint density at radius 3 is 2.49 bits per heavy atom. The number of aromatic nitrogens is 4. The van der Waals surface area contributed by atoms with Gasteiger partial charge in [0, 0.05) is 18.8 Å². The van der Waals surface area contributed by atoms with Gasteiger partial charge in [0.15, 0.2) is 0 Å². The van der Waals surface area contributed by atoms with E-state index < -0.39 is 26.4 Å². The molecule has 13 heteroatoms. The van der Waals surface area contributed by atoms with E-state index in [4.69, 9.17) is 28.3 Å². The third kappa shape index (κ3) is 5.49. The molecule has 4 aromatic rings. The summed E-state index contributed by atoms with van der Waals surface area (Å²) < 4.78 is 34.6. The normalized spacial score (nSPS) is 17.2. The number of anilines is 1. The first-order chi connectivity index (χ1) is 20.5. The van der Waals surface area contributed by atoms with E-state index in [0.717, 1.165) is 43.4 Å². The average molecular weight is 644 g/mol. The zero-order valence-corrected chi connectivity index (χ0v) is 26.1. The fourth-order valence-corrected chi connectivity index (χ4v) is 8.00. The summed E-state index contributed by atoms with van der Waals surface area (Å²) in [7, 11) is -2.77. The van der Waals surface area contributed by atoms with Gasteiger partial charge in [-0.05, 0) is 68.9 Å². The van der Waals surface area contributed by atoms with Gasteiger partial charge in [0.25, 0.3) is 21.5 Å². The lowest BCUT2D eigenvalue weighted by molar-refractivity contribution is 0.0931. The van der Waals surface area contributed by atoms with Gasteiger partial charge in [0.2, 0.25) is 0 Å². The van der Waals surface area contributed by atoms with E-state index in [0.29, 0.717) is 17.4 Å². The molecule has 2 aromatic carbocycles. The molecule has 6 rings (SSSR count). The second kappa shape index (κ2) is 11.5. The highest BCUT2D eigenvalue weighted by Gasteiger charge is 2.30. The highest BCUT2D eigenvalue weighted by Crippen LogP contribution is 2.35. The smallest absolute Gasteiger partial charge is 0.296 e. The van der Waals surface area contributed by atoms with Crippen LogP contribution in [0, 0.1) is 6.92 Å². The molecule has 0 saturated heterocycles. The van der Waals surface area contributed by atoms with E-state index in [1.807, 2.05) is 6.07 Å². The number of carbonyl (C=O) groups excluding carboxylic acids is 1. The molecule has 2 aromatic heterocycles. The lowest BCUT2D eigenvalue weighted by atomic mass is 9.93. The Kier molecular flexibility index (Phi) is 7.91. The lowest BCUT2D eigenvalue weighted by Gasteiger charge is -2.22. The summed E-state index contributed by atoms with van der Waals surface area (Å²) in [4.78, 5) is 26.4. The molecule has 1 atom stereocenters. The number of carbonyl (C=O) groups is 1. The summed E-state index contributed by atoms with van der Waals surface area (Å²) in [6.45, 7) is 1.63. The molecule has 0 spiro atoms. The number of hydrogen-bond donors (Lipinski definition) is 2. The second-order valence-electron chi connectivity index (χ2n) is 11.2. The number of nitrogens with one attached hydrogen (secondary N) is 2. The SMILES string of the molecule is Cc1c(NS(=O)(=O)c2cc(C(=O)NC3CCCc4cn(C5CCCC5)nc43)cc(Cl)c2Cl)c(=O)n(-c2ccccc2)n1C. The maximum absolute atomic E-state index is 13.6. The summed E-state index contributed by atoms with van der Waals surface area (Å²) >= 11 is 12.7. The number of sulfonamides is 1. The number of nitrogens with zero attached hydrogens (tertiary/aromatic N) is 4. The van der Waals surface area contributed by atoms with Crippen molar-refractivity contribution < 1.29 is 13.2 Å². The van der Waals surface area contributed by atoms with Crippen LogP contribution in [-0.2, 0) is 23.5 Å². The molecular formula is C30H32Cl2N6O4S. The van der Waals surface area contributed by atoms with Crippen LogP contribution in [0.3, 0.4) is 0 Å². The Labute approximate surface area is 259 Å². The molecule has 43 heavy (non-hydrogen) atoms. The van der Waals surface area contributed by atoms with Crippen LogP contribution < -0.4 is 15.6 Å². The van der Waals surface area contributed by atoms with Crippen LogP contribution >= 0.6 is 23.2 Å². The molecule has 2 heterocycles. The standard InChI is InChI=1S/C30H32Cl2N6O4S/c1-18-27(30(40)38(36(18)2)22-12-4-3-5-13-22)35-43(41,42)25-16-20(15-23(31)26(25)32)29(39)33-24-14-8-9-19-17-37(34-28(19)24)21-10-6-7-11-21/h3-5,12-13,15-17,21,24,35H,6-11,14H2,1-2H3,(H,33,39). The van der Waals surface area contributed by atoms with Crippen molar-refractivity contribution in [1.29, 1.82) is 0 Å². The first-order valence-electron chi connectivity index (χ1n) is 14.3. The Bertz CT molecular complexity index is 1870. The predicted octanol–water partition coefficient (Wildman–Crippen LogP) is 5.71. The number of para-hydroxylation sites is 1. The second-order valence-corrected chi connectivity index (χ2v) is 13.6. The number of amides is 1. The predicted molar refractivity (Wildman–Crippen MR) is 166 cm³/mol. The van der Waals surface area contributed by atoms with Crippen molar-refractivity contribution in [1.82, 2.24) is 24.5 Å². The maximum Gasteiger partial charge on any atom is 0.296 e. The number of benzene rings is 2. The van der Waals surface area contributed by atoms with Gasteiger partial charge < -0.3 is 5.32 Å². The van der Waals surface area contributed by atoms with Crippen LogP contribution in [0.4, 0.5) is 5.69 Å². The van der Waals surface area contributed by atoms with Crippen LogP contribution in [0.2, 0.25) is 10.0 Å². The van der Waals surface area contributed by atoms with Gasteiger partial charge in [-0.25, -0.2) is 13.1 Å². The van der Waals surface area contributed by atoms with E-state index in [-0.39, 0.29) is 27.3 Å². The summed E-state index contributed by atoms with van der Waals surface area (Å²) in [5, 5.41) is 7.54. The number of hydrogen-bond acceptors (Lipinski definition) is 5. The molecule has 0 aliphatic heterocycles. The summed E-state index contributed by atoms with van der Waals surface area (Å²) in [6, 6.07) is 11.5. The molecule has 10 nitrogen and oxygen atoms in total. The molecule has 2 N–H and O–H groups in total. The van der Waals surface area contributed by atoms with Gasteiger partial charge in [0.05, 0.1) is 39.2 Å². The number of aryl methyl sites for hydroxylation is 1. The van der Waals surface area contributed by atoms with Crippen LogP contribution in [0.25, 0.3) is 5.69 Å². The highest BCUT2D eigenvalue weighted by molar-refractivity contribution is 7.92. The van der Waals surface area contributed by atoms with Gasteiger partial charge in [-0.15, -0.1) is 0 Å². The summed E-state index contributed by atoms with van der Waals surface area (Å²) in [5.41, 5.74) is 2.28. The zero-order valence-electron chi connectivity index (χ0n) is 23.8. The number of fused-ring (bicyclic) bond motifs is 1. The summed E-state index contributed by atoms with van der Waals surface area (Å²) in [6.07, 6.45) is 9.23. The van der Waals surface area contributed by atoms with Gasteiger partial charge in [-0.3, -0.25) is 23.7 Å². The molecule has 0 radical (unpaired) electrons. The van der Waals surface area contributed by atoms with Crippen molar-refractivity contribution in [3.8, 4) is 5.69 Å². The quantitative estimate of drug-likeness (QED) is 0.267. The fraction of sp³-hybridized carbons (Fsp3) is 0.367. The van der Waals surface area contributed by atoms with Gasteiger partial charge in [-0.1, -0.05) is 54.2 Å². The molecule has 2 aliphatic carbocycles. The molecule has 1 fully saturated rings. The van der Waals surface area contributed by atoms with Crippen molar-refractivity contribution in [3.63, 3.8) is 0 Å². The van der Waals surface area contributed by atoms with E-state index in [1.54, 1.807) is 42.9 Å². The lowest BCUT2D eigenvalue weighted by Crippen LogP contribution is -2.31. The minimum atomic E-state index is -4.43. The third-order valence-electron chi connectivity index (χ3n) is 8.45. The minimum Gasteiger partial charge on any atom is -0.344 e. The molecular weight excluding hydrogens is 611 g/mol. The Balaban J connectivity index is 1.28. The van der Waals surface area contributed by atoms with Gasteiger partial charge in [0.1, 0.15) is 10.6 Å². The number of halogens is 2. The minimum absolute atomic E-state index is 0.0311. The maximum atomic E-state index is 13.6. The molecule has 1 amide bonds. The van der Waals surface area contributed by atoms with Crippen molar-refractivity contribution in [2.45, 2.75) is 68.8 Å². The topological polar surface area (TPSA) is 120 Å². The van der Waals surface area contributed by atoms with Crippen molar-refractivity contribution in [2.24, 2.45) is 7.05 Å². The molecule has 1 unspecified atom stereocenters. The Morgan fingerprint density at radius 1 is 1.05 bits per heavy atom. The van der Waals surface area contributed by atoms with Crippen LogP contribution in [-0.4, -0.2) is 33.5 Å². The van der Waals surface area contributed by atoms with Crippen LogP contribution in [0.1, 0.15) is 77.9 Å². The van der Waals surface area contributed by atoms with Crippen molar-refractivity contribution >= 4 is 44.8 Å². The van der Waals surface area contributed by atoms with E-state index in [1.165, 1.54) is 29.7 Å². The largest absolute Gasteiger partial charge is 0.344 e. The Morgan fingerprint density at radius 2 is 1.77 bits per heavy atom. The summed E-state index contributed by atoms with van der Waals surface area (Å²) in [5.74, 6) is -0.495. The number of rotatable bonds is 7. The van der Waals surface area contributed by atoms with E-state index in [2.05, 4.69) is 20.9 Å². The third-order valence-corrected chi connectivity index (χ3v) is 10.7. The van der Waals surface area contributed by atoms with E-state index in [9.17, 15) is 18.0 Å². The van der Waals surface area contributed by atoms with Gasteiger partial charge >= 0.3 is 0 Å². The molecule has 226 valence electrons. The molecule has 2 aliphatic rings. The Hall–Kier alpha value is -3.54. The molecule has 1 saturated carbocycles. The van der Waals surface area contributed by atoms with Crippen molar-refractivity contribution in [3.05, 3.63) is 91.6 Å². The van der Waals surface area contributed by atoms with Gasteiger partial charge in [-0.2, -0.15) is 5.10 Å². The van der Waals surface area contributed by atoms with Crippen LogP contribution in [0.5, 0.6) is 0 Å². The van der Waals surface area contributed by atoms with Crippen LogP contribution in [0.15, 0.2) is 58.4 Å². The van der Waals surface area contributed by atoms with Crippen molar-refractivity contribution in [2.75, 3.05) is 4.72 Å². The average Bonchev–Trinajstić information content (AvgIpc) is 3.72. The first kappa shape index (κ1) is 29.5.